The Kier molecular flexibility index (Phi) is 4.52. The third-order valence-corrected chi connectivity index (χ3v) is 6.29. The minimum atomic E-state index is -4.53. The normalized spacial score (nSPS) is 23.1. The summed E-state index contributed by atoms with van der Waals surface area (Å²) >= 11 is 1.34. The molecule has 5 rings (SSSR count). The molecule has 3 aromatic rings. The van der Waals surface area contributed by atoms with Gasteiger partial charge < -0.3 is 19.4 Å². The molecule has 6 nitrogen and oxygen atoms in total. The van der Waals surface area contributed by atoms with Gasteiger partial charge in [-0.3, -0.25) is 0 Å². The number of hydrogen-bond acceptors (Lipinski definition) is 7. The van der Waals surface area contributed by atoms with Crippen LogP contribution in [-0.4, -0.2) is 48.4 Å². The molecule has 3 atom stereocenters. The van der Waals surface area contributed by atoms with Crippen molar-refractivity contribution >= 4 is 28.5 Å². The molecule has 4 heterocycles. The third-order valence-electron chi connectivity index (χ3n) is 5.49. The first-order chi connectivity index (χ1) is 13.9. The molecule has 0 spiro atoms. The molecular formula is C19H19F3N4O2S. The van der Waals surface area contributed by atoms with Gasteiger partial charge in [-0.25, -0.2) is 4.98 Å². The highest BCUT2D eigenvalue weighted by molar-refractivity contribution is 7.13. The first kappa shape index (κ1) is 18.8. The Labute approximate surface area is 168 Å². The lowest BCUT2D eigenvalue weighted by atomic mass is 10.0. The Morgan fingerprint density at radius 2 is 2.03 bits per heavy atom. The van der Waals surface area contributed by atoms with Crippen molar-refractivity contribution in [3.05, 3.63) is 29.3 Å². The van der Waals surface area contributed by atoms with Crippen LogP contribution in [0.5, 0.6) is 0 Å². The van der Waals surface area contributed by atoms with Crippen LogP contribution in [-0.2, 0) is 4.74 Å². The summed E-state index contributed by atoms with van der Waals surface area (Å²) in [6.07, 6.45) is -2.75. The van der Waals surface area contributed by atoms with Crippen LogP contribution in [0.2, 0.25) is 0 Å². The topological polar surface area (TPSA) is 63.4 Å². The molecule has 2 aromatic heterocycles. The van der Waals surface area contributed by atoms with Gasteiger partial charge in [0, 0.05) is 43.9 Å². The summed E-state index contributed by atoms with van der Waals surface area (Å²) in [5.74, 6) is 0. The number of ether oxygens (including phenoxy) is 1. The molecule has 154 valence electrons. The zero-order chi connectivity index (χ0) is 20.2. The van der Waals surface area contributed by atoms with Crippen molar-refractivity contribution in [2.24, 2.45) is 0 Å². The number of benzene rings is 1. The Balaban J connectivity index is 1.62. The quantitative estimate of drug-likeness (QED) is 0.679. The molecule has 1 N–H and O–H groups in total. The Hall–Kier alpha value is -2.17. The van der Waals surface area contributed by atoms with Crippen molar-refractivity contribution in [1.82, 2.24) is 15.3 Å². The van der Waals surface area contributed by atoms with Crippen LogP contribution in [0.25, 0.3) is 21.7 Å². The number of fused-ring (bicyclic) bond motifs is 3. The zero-order valence-electron chi connectivity index (χ0n) is 15.6. The molecular weight excluding hydrogens is 405 g/mol. The summed E-state index contributed by atoms with van der Waals surface area (Å²) in [6.45, 7) is 1.54. The Morgan fingerprint density at radius 3 is 2.66 bits per heavy atom. The second-order valence-electron chi connectivity index (χ2n) is 7.45. The number of piperazine rings is 1. The predicted octanol–water partition coefficient (Wildman–Crippen LogP) is 4.14. The largest absolute Gasteiger partial charge is 0.423 e. The van der Waals surface area contributed by atoms with Crippen LogP contribution in [0, 0.1) is 0 Å². The highest BCUT2D eigenvalue weighted by Crippen LogP contribution is 2.41. The highest BCUT2D eigenvalue weighted by atomic mass is 32.1. The van der Waals surface area contributed by atoms with Gasteiger partial charge in [0.05, 0.1) is 5.56 Å². The van der Waals surface area contributed by atoms with Crippen LogP contribution in [0.4, 0.5) is 19.2 Å². The van der Waals surface area contributed by atoms with E-state index in [2.05, 4.69) is 20.2 Å². The van der Waals surface area contributed by atoms with Crippen molar-refractivity contribution in [3.8, 4) is 10.6 Å². The summed E-state index contributed by atoms with van der Waals surface area (Å²) in [5.41, 5.74) is 1.30. The molecule has 2 unspecified atom stereocenters. The smallest absolute Gasteiger partial charge is 0.418 e. The van der Waals surface area contributed by atoms with Crippen molar-refractivity contribution in [1.29, 1.82) is 0 Å². The third kappa shape index (κ3) is 3.38. The molecule has 29 heavy (non-hydrogen) atoms. The number of thiazole rings is 1. The number of aromatic nitrogens is 2. The number of nitrogens with one attached hydrogen (secondary N) is 1. The fourth-order valence-corrected chi connectivity index (χ4v) is 4.91. The fraction of sp³-hybridized carbons (Fsp3) is 0.474. The second kappa shape index (κ2) is 6.96. The van der Waals surface area contributed by atoms with Gasteiger partial charge >= 0.3 is 6.18 Å². The molecule has 2 aliphatic rings. The molecule has 0 aliphatic carbocycles. The van der Waals surface area contributed by atoms with E-state index in [1.807, 2.05) is 0 Å². The van der Waals surface area contributed by atoms with Gasteiger partial charge in [0.2, 0.25) is 0 Å². The first-order valence-corrected chi connectivity index (χ1v) is 10.2. The van der Waals surface area contributed by atoms with E-state index in [4.69, 9.17) is 9.15 Å². The summed E-state index contributed by atoms with van der Waals surface area (Å²) in [6, 6.07) is 4.06. The molecule has 0 radical (unpaired) electrons. The number of hydrogen-bond donors (Lipinski definition) is 1. The van der Waals surface area contributed by atoms with E-state index >= 15 is 0 Å². The summed E-state index contributed by atoms with van der Waals surface area (Å²) in [4.78, 5) is 10.9. The van der Waals surface area contributed by atoms with Crippen LogP contribution in [0.15, 0.2) is 28.1 Å². The maximum Gasteiger partial charge on any atom is 0.418 e. The first-order valence-electron chi connectivity index (χ1n) is 9.37. The molecule has 0 amide bonds. The van der Waals surface area contributed by atoms with Gasteiger partial charge in [-0.2, -0.15) is 18.2 Å². The molecule has 10 heteroatoms. The number of oxazole rings is 1. The lowest BCUT2D eigenvalue weighted by molar-refractivity contribution is -0.215. The Morgan fingerprint density at radius 1 is 1.28 bits per heavy atom. The van der Waals surface area contributed by atoms with E-state index in [9.17, 15) is 13.2 Å². The van der Waals surface area contributed by atoms with E-state index in [0.717, 1.165) is 33.0 Å². The van der Waals surface area contributed by atoms with Crippen LogP contribution >= 0.6 is 11.3 Å². The number of anilines is 1. The van der Waals surface area contributed by atoms with E-state index in [1.165, 1.54) is 23.5 Å². The van der Waals surface area contributed by atoms with Gasteiger partial charge in [-0.1, -0.05) is 0 Å². The van der Waals surface area contributed by atoms with Crippen LogP contribution < -0.4 is 10.2 Å². The van der Waals surface area contributed by atoms with E-state index in [0.29, 0.717) is 39.8 Å². The lowest BCUT2D eigenvalue weighted by Gasteiger charge is -2.31. The average Bonchev–Trinajstić information content (AvgIpc) is 3.40. The maximum atomic E-state index is 13.5. The van der Waals surface area contributed by atoms with Crippen molar-refractivity contribution in [2.75, 3.05) is 25.1 Å². The lowest BCUT2D eigenvalue weighted by Crippen LogP contribution is -2.51. The fourth-order valence-electron chi connectivity index (χ4n) is 4.26. The number of methoxy groups -OCH3 is 1. The SMILES string of the molecule is CO[C@H](c1cc(-c2nccs2)c2oc(N3CC4CCC(C3)N4)nc2c1)C(F)(F)F. The molecule has 2 aliphatic heterocycles. The minimum absolute atomic E-state index is 0.0158. The molecule has 2 fully saturated rings. The van der Waals surface area contributed by atoms with Crippen molar-refractivity contribution < 1.29 is 22.3 Å². The minimum Gasteiger partial charge on any atom is -0.423 e. The average molecular weight is 424 g/mol. The molecule has 1 aromatic carbocycles. The van der Waals surface area contributed by atoms with E-state index in [1.54, 1.807) is 11.6 Å². The van der Waals surface area contributed by atoms with Crippen LogP contribution in [0.1, 0.15) is 24.5 Å². The number of halogens is 3. The van der Waals surface area contributed by atoms with E-state index < -0.39 is 12.3 Å². The molecule has 2 saturated heterocycles. The summed E-state index contributed by atoms with van der Waals surface area (Å²) < 4.78 is 51.3. The van der Waals surface area contributed by atoms with Crippen molar-refractivity contribution in [3.63, 3.8) is 0 Å². The second-order valence-corrected chi connectivity index (χ2v) is 8.35. The van der Waals surface area contributed by atoms with Gasteiger partial charge in [-0.05, 0) is 30.5 Å². The number of nitrogens with zero attached hydrogens (tertiary/aromatic N) is 3. The van der Waals surface area contributed by atoms with Crippen LogP contribution in [0.3, 0.4) is 0 Å². The monoisotopic (exact) mass is 424 g/mol. The predicted molar refractivity (Wildman–Crippen MR) is 103 cm³/mol. The maximum absolute atomic E-state index is 13.5. The van der Waals surface area contributed by atoms with E-state index in [-0.39, 0.29) is 5.56 Å². The van der Waals surface area contributed by atoms with Gasteiger partial charge in [0.15, 0.2) is 11.7 Å². The number of rotatable bonds is 4. The summed E-state index contributed by atoms with van der Waals surface area (Å²) in [7, 11) is 1.05. The number of alkyl halides is 3. The van der Waals surface area contributed by atoms with Crippen molar-refractivity contribution in [2.45, 2.75) is 37.2 Å². The summed E-state index contributed by atoms with van der Waals surface area (Å²) in [5, 5.41) is 5.90. The Bertz CT molecular complexity index is 1010. The standard InChI is InChI=1S/C19H19F3N4O2S/c1-27-16(19(20,21)22)10-6-13(17-23-4-5-29-17)15-14(7-10)25-18(28-15)26-8-11-2-3-12(9-26)24-11/h4-7,11-12,16,24H,2-3,8-9H2,1H3/t11?,12?,16-/m1/s1. The van der Waals surface area contributed by atoms with Gasteiger partial charge in [0.1, 0.15) is 10.5 Å². The zero-order valence-corrected chi connectivity index (χ0v) is 16.4. The van der Waals surface area contributed by atoms with Gasteiger partial charge in [-0.15, -0.1) is 11.3 Å². The van der Waals surface area contributed by atoms with Gasteiger partial charge in [0.25, 0.3) is 6.01 Å². The highest BCUT2D eigenvalue weighted by Gasteiger charge is 2.42. The molecule has 2 bridgehead atoms. The molecule has 0 saturated carbocycles.